The molecule has 124 valence electrons. The molecule has 1 aromatic rings. The molecule has 0 radical (unpaired) electrons. The molecule has 4 heteroatoms. The van der Waals surface area contributed by atoms with Crippen LogP contribution in [0.2, 0.25) is 0 Å². The maximum Gasteiger partial charge on any atom is 0.223 e. The number of aromatic nitrogens is 1. The van der Waals surface area contributed by atoms with Gasteiger partial charge in [0, 0.05) is 37.8 Å². The van der Waals surface area contributed by atoms with Crippen molar-refractivity contribution < 1.29 is 4.79 Å². The van der Waals surface area contributed by atoms with Gasteiger partial charge in [-0.25, -0.2) is 0 Å². The van der Waals surface area contributed by atoms with E-state index < -0.39 is 0 Å². The van der Waals surface area contributed by atoms with Crippen LogP contribution >= 0.6 is 0 Å². The van der Waals surface area contributed by atoms with Crippen LogP contribution < -0.4 is 0 Å². The fraction of sp³-hybridized carbons (Fsp3) is 0.684. The number of carbonyl (C=O) groups excluding carboxylic acids is 1. The molecule has 4 nitrogen and oxygen atoms in total. The molecule has 3 fully saturated rings. The van der Waals surface area contributed by atoms with E-state index in [1.54, 1.807) is 0 Å². The Morgan fingerprint density at radius 2 is 2.09 bits per heavy atom. The molecule has 1 aliphatic carbocycles. The monoisotopic (exact) mass is 313 g/mol. The number of pyridine rings is 1. The molecule has 1 saturated carbocycles. The minimum atomic E-state index is 0.165. The lowest BCUT2D eigenvalue weighted by Crippen LogP contribution is -2.47. The molecule has 3 heterocycles. The van der Waals surface area contributed by atoms with E-state index in [2.05, 4.69) is 26.9 Å². The highest BCUT2D eigenvalue weighted by molar-refractivity contribution is 5.79. The van der Waals surface area contributed by atoms with Crippen LogP contribution in [0.3, 0.4) is 0 Å². The van der Waals surface area contributed by atoms with Crippen molar-refractivity contribution >= 4 is 5.91 Å². The van der Waals surface area contributed by atoms with E-state index in [0.29, 0.717) is 5.91 Å². The molecule has 0 bridgehead atoms. The van der Waals surface area contributed by atoms with Crippen LogP contribution in [0.25, 0.3) is 0 Å². The average molecular weight is 313 g/mol. The van der Waals surface area contributed by atoms with Gasteiger partial charge in [0.2, 0.25) is 5.91 Å². The van der Waals surface area contributed by atoms with Gasteiger partial charge in [0.1, 0.15) is 0 Å². The summed E-state index contributed by atoms with van der Waals surface area (Å²) in [5.41, 5.74) is 1.32. The quantitative estimate of drug-likeness (QED) is 0.857. The first kappa shape index (κ1) is 15.1. The van der Waals surface area contributed by atoms with E-state index in [-0.39, 0.29) is 5.54 Å². The zero-order valence-electron chi connectivity index (χ0n) is 13.9. The molecule has 1 amide bonds. The summed E-state index contributed by atoms with van der Waals surface area (Å²) in [7, 11) is 0. The predicted molar refractivity (Wildman–Crippen MR) is 89.8 cm³/mol. The zero-order valence-corrected chi connectivity index (χ0v) is 13.9. The maximum atomic E-state index is 12.4. The number of likely N-dealkylation sites (tertiary alicyclic amines) is 2. The highest BCUT2D eigenvalue weighted by Gasteiger charge is 2.47. The number of hydrogen-bond donors (Lipinski definition) is 0. The van der Waals surface area contributed by atoms with E-state index in [0.717, 1.165) is 57.1 Å². The Labute approximate surface area is 138 Å². The predicted octanol–water partition coefficient (Wildman–Crippen LogP) is 2.84. The first-order chi connectivity index (χ1) is 11.3. The molecule has 1 spiro atoms. The van der Waals surface area contributed by atoms with E-state index >= 15 is 0 Å². The van der Waals surface area contributed by atoms with Crippen LogP contribution in [0.1, 0.15) is 50.6 Å². The largest absolute Gasteiger partial charge is 0.337 e. The molecule has 1 aromatic heterocycles. The molecule has 1 atom stereocenters. The molecule has 0 N–H and O–H groups in total. The van der Waals surface area contributed by atoms with Crippen molar-refractivity contribution in [2.24, 2.45) is 5.92 Å². The van der Waals surface area contributed by atoms with E-state index in [1.165, 1.54) is 25.7 Å². The first-order valence-electron chi connectivity index (χ1n) is 9.18. The van der Waals surface area contributed by atoms with Crippen molar-refractivity contribution in [3.05, 3.63) is 30.1 Å². The molecule has 23 heavy (non-hydrogen) atoms. The second kappa shape index (κ2) is 6.23. The summed E-state index contributed by atoms with van der Waals surface area (Å²) >= 11 is 0. The van der Waals surface area contributed by atoms with Crippen LogP contribution in [0.5, 0.6) is 0 Å². The lowest BCUT2D eigenvalue weighted by Gasteiger charge is -2.38. The maximum absolute atomic E-state index is 12.4. The van der Waals surface area contributed by atoms with Gasteiger partial charge in [-0.05, 0) is 63.1 Å². The van der Waals surface area contributed by atoms with Gasteiger partial charge >= 0.3 is 0 Å². The summed E-state index contributed by atoms with van der Waals surface area (Å²) < 4.78 is 0. The summed E-state index contributed by atoms with van der Waals surface area (Å²) in [6.45, 7) is 4.18. The van der Waals surface area contributed by atoms with E-state index in [4.69, 9.17) is 0 Å². The number of nitrogens with zero attached hydrogens (tertiary/aromatic N) is 3. The third-order valence-electron chi connectivity index (χ3n) is 5.94. The Bertz CT molecular complexity index is 557. The van der Waals surface area contributed by atoms with Gasteiger partial charge in [0.25, 0.3) is 0 Å². The van der Waals surface area contributed by atoms with Gasteiger partial charge in [-0.2, -0.15) is 0 Å². The fourth-order valence-electron chi connectivity index (χ4n) is 4.36. The third-order valence-corrected chi connectivity index (χ3v) is 5.94. The van der Waals surface area contributed by atoms with Crippen molar-refractivity contribution in [2.45, 2.75) is 57.0 Å². The minimum Gasteiger partial charge on any atom is -0.337 e. The summed E-state index contributed by atoms with van der Waals surface area (Å²) in [5.74, 6) is 1.21. The Hall–Kier alpha value is -1.42. The van der Waals surface area contributed by atoms with E-state index in [1.807, 2.05) is 12.3 Å². The van der Waals surface area contributed by atoms with Gasteiger partial charge in [0.15, 0.2) is 0 Å². The Kier molecular flexibility index (Phi) is 4.10. The smallest absolute Gasteiger partial charge is 0.223 e. The molecule has 0 aromatic carbocycles. The lowest BCUT2D eigenvalue weighted by atomic mass is 9.87. The number of rotatable bonds is 4. The summed E-state index contributed by atoms with van der Waals surface area (Å²) in [4.78, 5) is 21.7. The minimum absolute atomic E-state index is 0.165. The van der Waals surface area contributed by atoms with Crippen LogP contribution in [-0.4, -0.2) is 45.9 Å². The number of hydrogen-bond acceptors (Lipinski definition) is 3. The average Bonchev–Trinajstić information content (AvgIpc) is 3.35. The zero-order chi connectivity index (χ0) is 15.7. The molecule has 2 aliphatic heterocycles. The van der Waals surface area contributed by atoms with Crippen LogP contribution in [-0.2, 0) is 11.3 Å². The Morgan fingerprint density at radius 1 is 1.17 bits per heavy atom. The molecule has 1 unspecified atom stereocenters. The highest BCUT2D eigenvalue weighted by atomic mass is 16.2. The van der Waals surface area contributed by atoms with Gasteiger partial charge in [-0.15, -0.1) is 0 Å². The fourth-order valence-corrected chi connectivity index (χ4v) is 4.36. The standard InChI is InChI=1S/C19H27N3O/c23-18-7-9-19(22(18)14-16-5-6-16)8-3-12-21(13-10-19)15-17-4-1-2-11-20-17/h1-2,4,11,16H,3,5-10,12-15H2. The first-order valence-corrected chi connectivity index (χ1v) is 9.18. The lowest BCUT2D eigenvalue weighted by molar-refractivity contribution is -0.131. The highest BCUT2D eigenvalue weighted by Crippen LogP contribution is 2.42. The summed E-state index contributed by atoms with van der Waals surface area (Å²) in [6, 6.07) is 6.15. The van der Waals surface area contributed by atoms with Crippen molar-refractivity contribution in [1.29, 1.82) is 0 Å². The molecule has 4 rings (SSSR count). The molecule has 2 saturated heterocycles. The normalized spacial score (nSPS) is 29.2. The molecular formula is C19H27N3O. The number of carbonyl (C=O) groups is 1. The second-order valence-electron chi connectivity index (χ2n) is 7.62. The van der Waals surface area contributed by atoms with Crippen molar-refractivity contribution in [3.8, 4) is 0 Å². The molecule has 3 aliphatic rings. The summed E-state index contributed by atoms with van der Waals surface area (Å²) in [6.07, 6.45) is 9.89. The van der Waals surface area contributed by atoms with Gasteiger partial charge in [0.05, 0.1) is 5.69 Å². The third kappa shape index (κ3) is 3.27. The van der Waals surface area contributed by atoms with Crippen LogP contribution in [0, 0.1) is 5.92 Å². The SMILES string of the molecule is O=C1CCC2(CCCN(Cc3ccccn3)CC2)N1CC1CC1. The Morgan fingerprint density at radius 3 is 2.87 bits per heavy atom. The van der Waals surface area contributed by atoms with Crippen molar-refractivity contribution in [3.63, 3.8) is 0 Å². The van der Waals surface area contributed by atoms with Gasteiger partial charge < -0.3 is 4.90 Å². The number of amides is 1. The van der Waals surface area contributed by atoms with Crippen molar-refractivity contribution in [2.75, 3.05) is 19.6 Å². The summed E-state index contributed by atoms with van der Waals surface area (Å²) in [5, 5.41) is 0. The van der Waals surface area contributed by atoms with Gasteiger partial charge in [-0.3, -0.25) is 14.7 Å². The second-order valence-corrected chi connectivity index (χ2v) is 7.62. The topological polar surface area (TPSA) is 36.4 Å². The van der Waals surface area contributed by atoms with Crippen molar-refractivity contribution in [1.82, 2.24) is 14.8 Å². The van der Waals surface area contributed by atoms with Crippen LogP contribution in [0.15, 0.2) is 24.4 Å². The Balaban J connectivity index is 1.42. The van der Waals surface area contributed by atoms with E-state index in [9.17, 15) is 4.79 Å². The van der Waals surface area contributed by atoms with Gasteiger partial charge in [-0.1, -0.05) is 6.07 Å². The molecular weight excluding hydrogens is 286 g/mol. The van der Waals surface area contributed by atoms with Crippen LogP contribution in [0.4, 0.5) is 0 Å².